The minimum absolute atomic E-state index is 0.670. The van der Waals surface area contributed by atoms with Crippen LogP contribution in [0.4, 0.5) is 0 Å². The molecule has 0 aromatic heterocycles. The molecule has 0 amide bonds. The van der Waals surface area contributed by atoms with Crippen molar-refractivity contribution >= 4 is 0 Å². The number of fused-ring (bicyclic) bond motifs is 19. The van der Waals surface area contributed by atoms with E-state index < -0.39 is 0 Å². The van der Waals surface area contributed by atoms with Crippen LogP contribution < -0.4 is 0 Å². The summed E-state index contributed by atoms with van der Waals surface area (Å²) < 4.78 is 0. The van der Waals surface area contributed by atoms with E-state index in [2.05, 4.69) is 104 Å². The topological polar surface area (TPSA) is 0 Å². The van der Waals surface area contributed by atoms with E-state index in [4.69, 9.17) is 0 Å². The van der Waals surface area contributed by atoms with Crippen LogP contribution in [0.5, 0.6) is 0 Å². The molecule has 16 bridgehead atoms. The molecule has 0 heteroatoms. The van der Waals surface area contributed by atoms with Crippen molar-refractivity contribution in [1.29, 1.82) is 0 Å². The Balaban J connectivity index is 0.000000111. The first-order chi connectivity index (χ1) is 39.2. The van der Waals surface area contributed by atoms with Crippen LogP contribution in [-0.2, 0) is 0 Å². The maximum absolute atomic E-state index is 2.49. The van der Waals surface area contributed by atoms with E-state index in [1.165, 1.54) is 161 Å². The molecular formula is C82H148. The molecule has 0 spiro atoms. The summed E-state index contributed by atoms with van der Waals surface area (Å²) in [5.41, 5.74) is 2.18. The molecule has 0 saturated heterocycles. The molecule has 20 aliphatic rings. The number of hydrogen-bond donors (Lipinski definition) is 0. The largest absolute Gasteiger partial charge is 0.0651 e. The van der Waals surface area contributed by atoms with Crippen molar-refractivity contribution in [2.75, 3.05) is 0 Å². The minimum Gasteiger partial charge on any atom is -0.0651 e. The third-order valence-corrected chi connectivity index (χ3v) is 32.5. The second-order valence-electron chi connectivity index (χ2n) is 36.9. The van der Waals surface area contributed by atoms with Gasteiger partial charge in [-0.25, -0.2) is 0 Å². The molecule has 0 N–H and O–H groups in total. The molecule has 20 fully saturated rings. The lowest BCUT2D eigenvalue weighted by atomic mass is 9.57. The lowest BCUT2D eigenvalue weighted by Crippen LogP contribution is -2.38. The van der Waals surface area contributed by atoms with Crippen LogP contribution in [0.15, 0.2) is 0 Å². The molecule has 0 aromatic rings. The molecule has 13 unspecified atom stereocenters. The van der Waals surface area contributed by atoms with Gasteiger partial charge in [-0.1, -0.05) is 174 Å². The zero-order chi connectivity index (χ0) is 58.5. The van der Waals surface area contributed by atoms with E-state index in [0.717, 1.165) is 159 Å². The van der Waals surface area contributed by atoms with Crippen LogP contribution in [0.1, 0.15) is 354 Å². The second kappa shape index (κ2) is 29.8. The first-order valence-electron chi connectivity index (χ1n) is 39.2. The summed E-state index contributed by atoms with van der Waals surface area (Å²) in [5.74, 6) is 27.2. The Bertz CT molecular complexity index is 1770. The lowest BCUT2D eigenvalue weighted by Gasteiger charge is -2.49. The Morgan fingerprint density at radius 1 is 0.305 bits per heavy atom. The average molecular weight is 1130 g/mol. The molecule has 82 heavy (non-hydrogen) atoms. The summed E-state index contributed by atoms with van der Waals surface area (Å²) >= 11 is 0. The van der Waals surface area contributed by atoms with Gasteiger partial charge in [-0.2, -0.15) is 0 Å². The Morgan fingerprint density at radius 2 is 0.744 bits per heavy atom. The van der Waals surface area contributed by atoms with Crippen molar-refractivity contribution in [1.82, 2.24) is 0 Å². The van der Waals surface area contributed by atoms with Gasteiger partial charge in [-0.05, 0) is 344 Å². The zero-order valence-electron chi connectivity index (χ0n) is 58.5. The van der Waals surface area contributed by atoms with Crippen molar-refractivity contribution in [3.8, 4) is 0 Å². The van der Waals surface area contributed by atoms with E-state index in [0.29, 0.717) is 5.41 Å². The zero-order valence-corrected chi connectivity index (χ0v) is 58.5. The van der Waals surface area contributed by atoms with Crippen LogP contribution in [0.3, 0.4) is 0 Å². The van der Waals surface area contributed by atoms with Crippen LogP contribution in [0, 0.1) is 164 Å². The van der Waals surface area contributed by atoms with Crippen molar-refractivity contribution in [2.24, 2.45) is 164 Å². The van der Waals surface area contributed by atoms with Gasteiger partial charge in [0.05, 0.1) is 0 Å². The van der Waals surface area contributed by atoms with E-state index in [1.54, 1.807) is 89.9 Å². The molecule has 0 aromatic carbocycles. The predicted octanol–water partition coefficient (Wildman–Crippen LogP) is 26.0. The highest BCUT2D eigenvalue weighted by Crippen LogP contribution is 2.60. The van der Waals surface area contributed by atoms with E-state index in [-0.39, 0.29) is 0 Å². The molecule has 20 aliphatic carbocycles. The fraction of sp³-hybridized carbons (Fsp3) is 1.00. The first kappa shape index (κ1) is 66.4. The summed E-state index contributed by atoms with van der Waals surface area (Å²) in [5, 5.41) is 0. The van der Waals surface area contributed by atoms with E-state index in [9.17, 15) is 0 Å². The molecular weight excluding hydrogens is 985 g/mol. The molecule has 20 rings (SSSR count). The first-order valence-corrected chi connectivity index (χ1v) is 39.2. The Kier molecular flexibility index (Phi) is 24.1. The van der Waals surface area contributed by atoms with E-state index in [1.807, 2.05) is 0 Å². The van der Waals surface area contributed by atoms with Crippen LogP contribution in [0.2, 0.25) is 0 Å². The molecule has 0 radical (unpaired) electrons. The van der Waals surface area contributed by atoms with Crippen LogP contribution in [0.25, 0.3) is 0 Å². The van der Waals surface area contributed by atoms with Crippen molar-refractivity contribution in [3.05, 3.63) is 0 Å². The summed E-state index contributed by atoms with van der Waals surface area (Å²) in [7, 11) is 0. The van der Waals surface area contributed by atoms with Gasteiger partial charge in [0.2, 0.25) is 0 Å². The Morgan fingerprint density at radius 3 is 1.00 bits per heavy atom. The fourth-order valence-electron chi connectivity index (χ4n) is 24.5. The van der Waals surface area contributed by atoms with Gasteiger partial charge in [0.1, 0.15) is 0 Å². The monoisotopic (exact) mass is 1130 g/mol. The summed E-state index contributed by atoms with van der Waals surface area (Å²) in [4.78, 5) is 0. The second-order valence-corrected chi connectivity index (χ2v) is 36.9. The summed E-state index contributed by atoms with van der Waals surface area (Å²) in [6.45, 7) is 36.5. The number of hydrogen-bond acceptors (Lipinski definition) is 0. The highest BCUT2D eigenvalue weighted by atomic mass is 14.6. The fourth-order valence-corrected chi connectivity index (χ4v) is 24.5. The Labute approximate surface area is 515 Å². The van der Waals surface area contributed by atoms with Gasteiger partial charge in [0.25, 0.3) is 0 Å². The standard InChI is InChI=1S/3C10H18.4C9H16.C8H14.C8H16/c1-7-8-4-5-9(6-8)10(7,2)3;1-8-7-9-3-5-10(8,2)6-4-9;1-7-8(2)10-5-3-9(7)4-6-10;1-7-5-8-3-4-9(7,2)6-8;1-6-7(2)9-4-3-8(6)5-9;1-7-6-8-2-4-9(7)5-3-8;1-2-8-5-7-3-4-9(8)6-7;1-6-4-7-2-3-8(6)5-7;1-2-8-6-4-3-5-7-8/h7-9H,4-6H2,1-3H3;8-9H,3-7H2,1-2H3;7-10H,3-6H2,1-2H3;7-8H,3-6H2,1-2H3;6-9H,3-5H2,1-2H3;2*7-9H,2-6H2,1H3;6-8H,2-5H2,1H3;8H,2-7H2,1H3/t7-,8?,9?;8-,9?,10?;7-,8?,9?,10?;7-,8?,9?;6-,7?,8?,9?;7-,8?,9?;;6-,7?,8?;/m100000.0./s1. The third kappa shape index (κ3) is 16.3. The predicted molar refractivity (Wildman–Crippen MR) is 360 cm³/mol. The van der Waals surface area contributed by atoms with Crippen molar-refractivity contribution < 1.29 is 0 Å². The van der Waals surface area contributed by atoms with Crippen LogP contribution >= 0.6 is 0 Å². The number of rotatable bonds is 2. The summed E-state index contributed by atoms with van der Waals surface area (Å²) in [6, 6.07) is 0. The van der Waals surface area contributed by atoms with E-state index >= 15 is 0 Å². The third-order valence-electron chi connectivity index (χ3n) is 32.5. The van der Waals surface area contributed by atoms with Crippen molar-refractivity contribution in [3.63, 3.8) is 0 Å². The van der Waals surface area contributed by atoms with Gasteiger partial charge in [-0.3, -0.25) is 0 Å². The maximum Gasteiger partial charge on any atom is -0.0297 e. The van der Waals surface area contributed by atoms with Crippen LogP contribution in [-0.4, -0.2) is 0 Å². The highest BCUT2D eigenvalue weighted by molar-refractivity contribution is 5.00. The average Bonchev–Trinajstić information content (AvgIpc) is 4.44. The lowest BCUT2D eigenvalue weighted by molar-refractivity contribution is 0.0209. The maximum atomic E-state index is 2.49. The van der Waals surface area contributed by atoms with Gasteiger partial charge in [-0.15, -0.1) is 0 Å². The molecule has 476 valence electrons. The molecule has 20 saturated carbocycles. The highest BCUT2D eigenvalue weighted by Gasteiger charge is 2.51. The van der Waals surface area contributed by atoms with Gasteiger partial charge < -0.3 is 0 Å². The van der Waals surface area contributed by atoms with Gasteiger partial charge in [0.15, 0.2) is 0 Å². The molecule has 20 atom stereocenters. The van der Waals surface area contributed by atoms with Gasteiger partial charge in [0, 0.05) is 0 Å². The minimum atomic E-state index is 0.670. The smallest absolute Gasteiger partial charge is 0.0297 e. The summed E-state index contributed by atoms with van der Waals surface area (Å²) in [6.07, 6.45) is 59.7. The molecule has 0 nitrogen and oxygen atoms in total. The molecule has 0 aliphatic heterocycles. The molecule has 0 heterocycles. The quantitative estimate of drug-likeness (QED) is 0.259. The Hall–Kier alpha value is 0. The normalized spacial score (nSPS) is 49.8. The SMILES string of the molecule is CC1C2CCC(C2)[C@H]1C.CC1C2CCC(CC2)[C@H]1C.CCC1CC2CCC1C2.CCC1CCCCC1.C[C@@H]1C2CCC(C2)C1(C)C.C[C@H]1CC2CCC1(C)C2.C[C@H]1CC2CCC1(C)CC2.C[C@H]1CC2CCC1C2.C[C@H]1CC2CCC1CC2. The van der Waals surface area contributed by atoms with Crippen molar-refractivity contribution in [2.45, 2.75) is 354 Å². The van der Waals surface area contributed by atoms with Gasteiger partial charge >= 0.3 is 0 Å².